The number of aromatic nitrogens is 3. The van der Waals surface area contributed by atoms with Crippen LogP contribution in [0, 0.1) is 0 Å². The Balaban J connectivity index is 1.71. The van der Waals surface area contributed by atoms with Gasteiger partial charge in [-0.15, -0.1) is 0 Å². The van der Waals surface area contributed by atoms with Crippen LogP contribution < -0.4 is 4.74 Å². The first kappa shape index (κ1) is 13.6. The van der Waals surface area contributed by atoms with Crippen molar-refractivity contribution in [3.8, 4) is 17.1 Å². The molecule has 0 amide bonds. The molecule has 0 fully saturated rings. The predicted octanol–water partition coefficient (Wildman–Crippen LogP) is 3.43. The van der Waals surface area contributed by atoms with Crippen LogP contribution in [0.25, 0.3) is 11.4 Å². The third-order valence-corrected chi connectivity index (χ3v) is 3.71. The zero-order chi connectivity index (χ0) is 14.5. The molecule has 0 bridgehead atoms. The van der Waals surface area contributed by atoms with E-state index in [2.05, 4.69) is 15.1 Å². The monoisotopic (exact) mass is 299 g/mol. The fraction of sp³-hybridized carbons (Fsp3) is 0.133. The van der Waals surface area contributed by atoms with Gasteiger partial charge >= 0.3 is 0 Å². The Morgan fingerprint density at radius 3 is 2.95 bits per heavy atom. The summed E-state index contributed by atoms with van der Waals surface area (Å²) in [6.07, 6.45) is 1.76. The fourth-order valence-corrected chi connectivity index (χ4v) is 2.46. The first-order valence-electron chi connectivity index (χ1n) is 6.36. The molecule has 6 heteroatoms. The second-order valence-corrected chi connectivity index (χ2v) is 5.20. The number of benzene rings is 1. The van der Waals surface area contributed by atoms with E-state index in [1.54, 1.807) is 25.1 Å². The highest BCUT2D eigenvalue weighted by molar-refractivity contribution is 7.98. The summed E-state index contributed by atoms with van der Waals surface area (Å²) in [5, 5.41) is 4.93. The Bertz CT molecular complexity index is 716. The van der Waals surface area contributed by atoms with Crippen LogP contribution >= 0.6 is 11.8 Å². The lowest BCUT2D eigenvalue weighted by atomic mass is 10.2. The van der Waals surface area contributed by atoms with Crippen LogP contribution in [0.15, 0.2) is 58.2 Å². The van der Waals surface area contributed by atoms with Crippen LogP contribution in [0.2, 0.25) is 0 Å². The van der Waals surface area contributed by atoms with Gasteiger partial charge in [-0.2, -0.15) is 4.98 Å². The smallest absolute Gasteiger partial charge is 0.237 e. The molecule has 2 heterocycles. The van der Waals surface area contributed by atoms with Gasteiger partial charge in [0.25, 0.3) is 0 Å². The number of rotatable bonds is 5. The molecule has 5 nitrogen and oxygen atoms in total. The maximum atomic E-state index is 5.26. The van der Waals surface area contributed by atoms with Crippen LogP contribution in [-0.2, 0) is 5.75 Å². The number of ether oxygens (including phenoxy) is 1. The number of hydrogen-bond donors (Lipinski definition) is 0. The molecule has 1 aromatic carbocycles. The summed E-state index contributed by atoms with van der Waals surface area (Å²) in [5.41, 5.74) is 0.868. The molecule has 2 aromatic heterocycles. The van der Waals surface area contributed by atoms with Crippen molar-refractivity contribution in [1.29, 1.82) is 0 Å². The zero-order valence-corrected chi connectivity index (χ0v) is 12.2. The van der Waals surface area contributed by atoms with Gasteiger partial charge < -0.3 is 9.26 Å². The molecule has 0 aliphatic carbocycles. The minimum Gasteiger partial charge on any atom is -0.497 e. The van der Waals surface area contributed by atoms with Crippen molar-refractivity contribution in [2.75, 3.05) is 7.11 Å². The van der Waals surface area contributed by atoms with E-state index in [4.69, 9.17) is 9.26 Å². The molecule has 0 atom stereocenters. The van der Waals surface area contributed by atoms with E-state index >= 15 is 0 Å². The molecule has 0 aliphatic rings. The van der Waals surface area contributed by atoms with Gasteiger partial charge in [0.05, 0.1) is 17.9 Å². The molecule has 3 rings (SSSR count). The van der Waals surface area contributed by atoms with Gasteiger partial charge in [-0.1, -0.05) is 35.1 Å². The summed E-state index contributed by atoms with van der Waals surface area (Å²) in [6, 6.07) is 13.4. The Kier molecular flexibility index (Phi) is 4.16. The minimum atomic E-state index is 0.561. The topological polar surface area (TPSA) is 61.0 Å². The largest absolute Gasteiger partial charge is 0.497 e. The predicted molar refractivity (Wildman–Crippen MR) is 80.1 cm³/mol. The van der Waals surface area contributed by atoms with Crippen molar-refractivity contribution in [1.82, 2.24) is 15.1 Å². The first-order chi connectivity index (χ1) is 10.3. The van der Waals surface area contributed by atoms with Crippen LogP contribution in [0.5, 0.6) is 5.75 Å². The Morgan fingerprint density at radius 2 is 2.14 bits per heavy atom. The van der Waals surface area contributed by atoms with Crippen molar-refractivity contribution in [2.45, 2.75) is 10.8 Å². The van der Waals surface area contributed by atoms with E-state index in [1.165, 1.54) is 0 Å². The summed E-state index contributed by atoms with van der Waals surface area (Å²) in [7, 11) is 1.63. The third-order valence-electron chi connectivity index (χ3n) is 2.78. The van der Waals surface area contributed by atoms with E-state index in [0.29, 0.717) is 17.5 Å². The fourth-order valence-electron chi connectivity index (χ4n) is 1.76. The molecular formula is C15H13N3O2S. The van der Waals surface area contributed by atoms with E-state index < -0.39 is 0 Å². The average molecular weight is 299 g/mol. The highest BCUT2D eigenvalue weighted by Crippen LogP contribution is 2.24. The molecule has 0 aliphatic heterocycles. The lowest BCUT2D eigenvalue weighted by molar-refractivity contribution is 0.391. The zero-order valence-electron chi connectivity index (χ0n) is 11.4. The Morgan fingerprint density at radius 1 is 1.19 bits per heavy atom. The minimum absolute atomic E-state index is 0.561. The van der Waals surface area contributed by atoms with Gasteiger partial charge in [0.1, 0.15) is 5.75 Å². The van der Waals surface area contributed by atoms with E-state index in [0.717, 1.165) is 16.3 Å². The van der Waals surface area contributed by atoms with Crippen molar-refractivity contribution in [3.63, 3.8) is 0 Å². The number of thioether (sulfide) groups is 1. The van der Waals surface area contributed by atoms with Crippen molar-refractivity contribution >= 4 is 11.8 Å². The number of pyridine rings is 1. The lowest BCUT2D eigenvalue weighted by Gasteiger charge is -1.99. The van der Waals surface area contributed by atoms with Crippen molar-refractivity contribution in [2.24, 2.45) is 0 Å². The van der Waals surface area contributed by atoms with Crippen molar-refractivity contribution < 1.29 is 9.26 Å². The first-order valence-corrected chi connectivity index (χ1v) is 7.34. The molecule has 0 radical (unpaired) electrons. The second kappa shape index (κ2) is 6.41. The molecular weight excluding hydrogens is 286 g/mol. The number of hydrogen-bond acceptors (Lipinski definition) is 6. The van der Waals surface area contributed by atoms with Crippen molar-refractivity contribution in [3.05, 3.63) is 54.6 Å². The van der Waals surface area contributed by atoms with Gasteiger partial charge in [0.2, 0.25) is 11.7 Å². The molecule has 0 unspecified atom stereocenters. The average Bonchev–Trinajstić information content (AvgIpc) is 3.03. The maximum absolute atomic E-state index is 5.26. The lowest BCUT2D eigenvalue weighted by Crippen LogP contribution is -1.86. The molecule has 0 saturated carbocycles. The van der Waals surface area contributed by atoms with Gasteiger partial charge in [0, 0.05) is 11.8 Å². The Labute approximate surface area is 126 Å². The SMILES string of the molecule is COc1cccc(-c2noc(CSc3ccccn3)n2)c1. The Hall–Kier alpha value is -2.34. The summed E-state index contributed by atoms with van der Waals surface area (Å²) in [4.78, 5) is 8.63. The highest BCUT2D eigenvalue weighted by Gasteiger charge is 2.10. The van der Waals surface area contributed by atoms with E-state index in [-0.39, 0.29) is 0 Å². The summed E-state index contributed by atoms with van der Waals surface area (Å²) < 4.78 is 10.5. The highest BCUT2D eigenvalue weighted by atomic mass is 32.2. The quantitative estimate of drug-likeness (QED) is 0.673. The van der Waals surface area contributed by atoms with E-state index in [1.807, 2.05) is 42.5 Å². The molecule has 106 valence electrons. The molecule has 0 N–H and O–H groups in total. The van der Waals surface area contributed by atoms with Crippen LogP contribution in [0.4, 0.5) is 0 Å². The van der Waals surface area contributed by atoms with Gasteiger partial charge in [-0.3, -0.25) is 0 Å². The van der Waals surface area contributed by atoms with Crippen LogP contribution in [0.3, 0.4) is 0 Å². The molecule has 0 saturated heterocycles. The van der Waals surface area contributed by atoms with Gasteiger partial charge in [-0.05, 0) is 24.3 Å². The second-order valence-electron chi connectivity index (χ2n) is 4.20. The van der Waals surface area contributed by atoms with Crippen LogP contribution in [-0.4, -0.2) is 22.2 Å². The summed E-state index contributed by atoms with van der Waals surface area (Å²) in [5.74, 6) is 2.49. The molecule has 21 heavy (non-hydrogen) atoms. The van der Waals surface area contributed by atoms with Gasteiger partial charge in [-0.25, -0.2) is 4.98 Å². The normalized spacial score (nSPS) is 10.5. The third kappa shape index (κ3) is 3.41. The number of methoxy groups -OCH3 is 1. The van der Waals surface area contributed by atoms with Crippen LogP contribution in [0.1, 0.15) is 5.89 Å². The van der Waals surface area contributed by atoms with E-state index in [9.17, 15) is 0 Å². The summed E-state index contributed by atoms with van der Waals surface area (Å²) in [6.45, 7) is 0. The molecule has 0 spiro atoms. The maximum Gasteiger partial charge on any atom is 0.237 e. The molecule has 3 aromatic rings. The summed E-state index contributed by atoms with van der Waals surface area (Å²) >= 11 is 1.56. The standard InChI is InChI=1S/C15H13N3O2S/c1-19-12-6-4-5-11(9-12)15-17-13(20-18-15)10-21-14-7-2-3-8-16-14/h2-9H,10H2,1H3. The van der Waals surface area contributed by atoms with Gasteiger partial charge in [0.15, 0.2) is 0 Å². The number of nitrogens with zero attached hydrogens (tertiary/aromatic N) is 3.